The largest absolute Gasteiger partial charge is 0.308 e. The van der Waals surface area contributed by atoms with Gasteiger partial charge in [-0.3, -0.25) is 0 Å². The molecule has 0 aromatic rings. The predicted octanol–water partition coefficient (Wildman–Crippen LogP) is 1.29. The molecule has 1 rings (SSSR count). The topological polar surface area (TPSA) is 27.0 Å². The van der Waals surface area contributed by atoms with Crippen LogP contribution in [0.15, 0.2) is 0 Å². The van der Waals surface area contributed by atoms with Crippen molar-refractivity contribution in [2.45, 2.75) is 18.6 Å². The van der Waals surface area contributed by atoms with Crippen molar-refractivity contribution in [1.82, 2.24) is 4.90 Å². The molecule has 1 heterocycles. The summed E-state index contributed by atoms with van der Waals surface area (Å²) in [5, 5.41) is 8.59. The van der Waals surface area contributed by atoms with Crippen molar-refractivity contribution in [3.05, 3.63) is 0 Å². The third-order valence-corrected chi connectivity index (χ3v) is 2.86. The normalized spacial score (nSPS) is 23.9. The second-order valence-electron chi connectivity index (χ2n) is 3.13. The van der Waals surface area contributed by atoms with E-state index in [0.29, 0.717) is 0 Å². The molecule has 1 saturated heterocycles. The Kier molecular flexibility index (Phi) is 2.10. The van der Waals surface area contributed by atoms with Gasteiger partial charge in [-0.25, -0.2) is 0 Å². The first kappa shape index (κ1) is 7.74. The van der Waals surface area contributed by atoms with Crippen LogP contribution in [0.5, 0.6) is 0 Å². The van der Waals surface area contributed by atoms with Crippen LogP contribution in [0, 0.1) is 11.5 Å². The summed E-state index contributed by atoms with van der Waals surface area (Å²) < 4.78 is 0.272. The van der Waals surface area contributed by atoms with Gasteiger partial charge in [0.15, 0.2) is 6.19 Å². The van der Waals surface area contributed by atoms with Crippen molar-refractivity contribution in [2.75, 3.05) is 18.8 Å². The van der Waals surface area contributed by atoms with Crippen molar-refractivity contribution < 1.29 is 0 Å². The standard InChI is InChI=1S/C7H12N2S/c1-7(2)5-9(6-8)3-4-10-7/h3-5H2,1-2H3. The Hall–Kier alpha value is -0.360. The second-order valence-corrected chi connectivity index (χ2v) is 4.93. The van der Waals surface area contributed by atoms with E-state index in [-0.39, 0.29) is 4.75 Å². The van der Waals surface area contributed by atoms with E-state index in [1.54, 1.807) is 0 Å². The highest BCUT2D eigenvalue weighted by molar-refractivity contribution is 8.00. The van der Waals surface area contributed by atoms with Crippen LogP contribution >= 0.6 is 11.8 Å². The molecule has 1 fully saturated rings. The summed E-state index contributed by atoms with van der Waals surface area (Å²) in [6.07, 6.45) is 2.18. The molecule has 0 spiro atoms. The van der Waals surface area contributed by atoms with Crippen molar-refractivity contribution in [3.63, 3.8) is 0 Å². The van der Waals surface area contributed by atoms with Gasteiger partial charge in [-0.1, -0.05) is 0 Å². The number of hydrogen-bond acceptors (Lipinski definition) is 3. The summed E-state index contributed by atoms with van der Waals surface area (Å²) in [4.78, 5) is 1.83. The molecule has 1 aliphatic heterocycles. The van der Waals surface area contributed by atoms with Crippen molar-refractivity contribution in [2.24, 2.45) is 0 Å². The molecule has 0 amide bonds. The van der Waals surface area contributed by atoms with Gasteiger partial charge in [0.2, 0.25) is 0 Å². The highest BCUT2D eigenvalue weighted by atomic mass is 32.2. The molecule has 0 atom stereocenters. The van der Waals surface area contributed by atoms with Gasteiger partial charge < -0.3 is 4.90 Å². The quantitative estimate of drug-likeness (QED) is 0.495. The summed E-state index contributed by atoms with van der Waals surface area (Å²) >= 11 is 1.95. The van der Waals surface area contributed by atoms with Gasteiger partial charge in [0.25, 0.3) is 0 Å². The van der Waals surface area contributed by atoms with Crippen LogP contribution < -0.4 is 0 Å². The smallest absolute Gasteiger partial charge is 0.179 e. The Balaban J connectivity index is 2.49. The Morgan fingerprint density at radius 3 is 2.70 bits per heavy atom. The van der Waals surface area contributed by atoms with Gasteiger partial charge in [-0.15, -0.1) is 0 Å². The molecular weight excluding hydrogens is 144 g/mol. The molecule has 1 aliphatic rings. The third-order valence-electron chi connectivity index (χ3n) is 1.57. The van der Waals surface area contributed by atoms with E-state index in [2.05, 4.69) is 20.0 Å². The summed E-state index contributed by atoms with van der Waals surface area (Å²) in [7, 11) is 0. The first-order chi connectivity index (χ1) is 4.64. The highest BCUT2D eigenvalue weighted by Crippen LogP contribution is 2.28. The molecule has 0 aromatic heterocycles. The van der Waals surface area contributed by atoms with Gasteiger partial charge in [-0.2, -0.15) is 17.0 Å². The number of rotatable bonds is 0. The first-order valence-corrected chi connectivity index (χ1v) is 4.41. The van der Waals surface area contributed by atoms with Crippen LogP contribution in [0.25, 0.3) is 0 Å². The van der Waals surface area contributed by atoms with Crippen LogP contribution in [-0.2, 0) is 0 Å². The van der Waals surface area contributed by atoms with Crippen LogP contribution in [-0.4, -0.2) is 28.5 Å². The maximum atomic E-state index is 8.59. The first-order valence-electron chi connectivity index (χ1n) is 3.43. The molecule has 0 bridgehead atoms. The van der Waals surface area contributed by atoms with Crippen LogP contribution in [0.4, 0.5) is 0 Å². The number of hydrogen-bond donors (Lipinski definition) is 0. The molecular formula is C7H12N2S. The fourth-order valence-electron chi connectivity index (χ4n) is 1.10. The lowest BCUT2D eigenvalue weighted by atomic mass is 10.2. The molecule has 10 heavy (non-hydrogen) atoms. The van der Waals surface area contributed by atoms with Crippen LogP contribution in [0.2, 0.25) is 0 Å². The number of nitriles is 1. The maximum Gasteiger partial charge on any atom is 0.179 e. The van der Waals surface area contributed by atoms with E-state index < -0.39 is 0 Å². The van der Waals surface area contributed by atoms with E-state index in [0.717, 1.165) is 18.8 Å². The minimum Gasteiger partial charge on any atom is -0.308 e. The van der Waals surface area contributed by atoms with Gasteiger partial charge in [0.1, 0.15) is 0 Å². The summed E-state index contributed by atoms with van der Waals surface area (Å²) in [5.74, 6) is 1.08. The minimum atomic E-state index is 0.272. The Morgan fingerprint density at radius 1 is 1.60 bits per heavy atom. The molecule has 0 unspecified atom stereocenters. The number of thioether (sulfide) groups is 1. The van der Waals surface area contributed by atoms with E-state index in [1.165, 1.54) is 0 Å². The molecule has 0 radical (unpaired) electrons. The highest BCUT2D eigenvalue weighted by Gasteiger charge is 2.25. The lowest BCUT2D eigenvalue weighted by Crippen LogP contribution is -2.40. The molecule has 0 saturated carbocycles. The minimum absolute atomic E-state index is 0.272. The van der Waals surface area contributed by atoms with Gasteiger partial charge in [-0.05, 0) is 13.8 Å². The van der Waals surface area contributed by atoms with Crippen molar-refractivity contribution in [1.29, 1.82) is 5.26 Å². The Morgan fingerprint density at radius 2 is 2.30 bits per heavy atom. The second kappa shape index (κ2) is 2.71. The molecule has 0 aliphatic carbocycles. The van der Waals surface area contributed by atoms with E-state index in [1.807, 2.05) is 16.7 Å². The van der Waals surface area contributed by atoms with E-state index in [9.17, 15) is 0 Å². The molecule has 2 nitrogen and oxygen atoms in total. The van der Waals surface area contributed by atoms with Gasteiger partial charge >= 0.3 is 0 Å². The van der Waals surface area contributed by atoms with E-state index in [4.69, 9.17) is 5.26 Å². The summed E-state index contributed by atoms with van der Waals surface area (Å²) in [5.41, 5.74) is 0. The molecule has 0 aromatic carbocycles. The summed E-state index contributed by atoms with van der Waals surface area (Å²) in [6, 6.07) is 0. The van der Waals surface area contributed by atoms with Crippen LogP contribution in [0.3, 0.4) is 0 Å². The lowest BCUT2D eigenvalue weighted by Gasteiger charge is -2.34. The van der Waals surface area contributed by atoms with Crippen molar-refractivity contribution >= 4 is 11.8 Å². The van der Waals surface area contributed by atoms with Crippen LogP contribution in [0.1, 0.15) is 13.8 Å². The average molecular weight is 156 g/mol. The fraction of sp³-hybridized carbons (Fsp3) is 0.857. The maximum absolute atomic E-state index is 8.59. The van der Waals surface area contributed by atoms with Gasteiger partial charge in [0, 0.05) is 23.6 Å². The average Bonchev–Trinajstić information content (AvgIpc) is 1.86. The Labute approximate surface area is 66.2 Å². The predicted molar refractivity (Wildman–Crippen MR) is 43.7 cm³/mol. The zero-order valence-corrected chi connectivity index (χ0v) is 7.24. The van der Waals surface area contributed by atoms with E-state index >= 15 is 0 Å². The Bertz CT molecular complexity index is 159. The zero-order chi connectivity index (χ0) is 7.61. The SMILES string of the molecule is CC1(C)CN(C#N)CCS1. The number of nitrogens with zero attached hydrogens (tertiary/aromatic N) is 2. The third kappa shape index (κ3) is 1.81. The van der Waals surface area contributed by atoms with Crippen molar-refractivity contribution in [3.8, 4) is 6.19 Å². The molecule has 0 N–H and O–H groups in total. The lowest BCUT2D eigenvalue weighted by molar-refractivity contribution is 0.366. The zero-order valence-electron chi connectivity index (χ0n) is 6.42. The molecule has 3 heteroatoms. The summed E-state index contributed by atoms with van der Waals surface area (Å²) in [6.45, 7) is 6.18. The molecule has 56 valence electrons. The fourth-order valence-corrected chi connectivity index (χ4v) is 2.21. The monoisotopic (exact) mass is 156 g/mol. The van der Waals surface area contributed by atoms with Gasteiger partial charge in [0.05, 0.1) is 0 Å².